The number of halogens is 1. The van der Waals surface area contributed by atoms with Crippen molar-refractivity contribution in [3.05, 3.63) is 41.0 Å². The van der Waals surface area contributed by atoms with Crippen molar-refractivity contribution in [2.75, 3.05) is 0 Å². The number of aromatic nitrogens is 1. The molecule has 1 aliphatic heterocycles. The second-order valence-electron chi connectivity index (χ2n) is 6.52. The zero-order chi connectivity index (χ0) is 16.6. The van der Waals surface area contributed by atoms with Crippen LogP contribution in [0.1, 0.15) is 32.3 Å². The molecule has 2 unspecified atom stereocenters. The predicted molar refractivity (Wildman–Crippen MR) is 91.6 cm³/mol. The zero-order valence-corrected chi connectivity index (χ0v) is 14.1. The summed E-state index contributed by atoms with van der Waals surface area (Å²) in [6.07, 6.45) is 3.17. The lowest BCUT2D eigenvalue weighted by molar-refractivity contribution is -0.145. The molecule has 2 heterocycles. The molecule has 122 valence electrons. The van der Waals surface area contributed by atoms with Crippen LogP contribution in [0.2, 0.25) is 5.02 Å². The van der Waals surface area contributed by atoms with Gasteiger partial charge in [-0.3, -0.25) is 14.7 Å². The second-order valence-corrected chi connectivity index (χ2v) is 6.95. The fraction of sp³-hybridized carbons (Fsp3) is 0.444. The summed E-state index contributed by atoms with van der Waals surface area (Å²) in [5.74, 6) is -0.927. The third-order valence-electron chi connectivity index (χ3n) is 4.83. The van der Waals surface area contributed by atoms with Crippen molar-refractivity contribution in [2.45, 2.75) is 45.3 Å². The second kappa shape index (κ2) is 6.46. The van der Waals surface area contributed by atoms with Crippen molar-refractivity contribution in [2.24, 2.45) is 5.92 Å². The molecule has 0 amide bonds. The van der Waals surface area contributed by atoms with Gasteiger partial charge in [-0.1, -0.05) is 17.7 Å². The van der Waals surface area contributed by atoms with Crippen LogP contribution in [0, 0.1) is 5.92 Å². The van der Waals surface area contributed by atoms with E-state index in [1.165, 1.54) is 0 Å². The number of fused-ring (bicyclic) bond motifs is 1. The highest BCUT2D eigenvalue weighted by Crippen LogP contribution is 2.31. The molecule has 1 aromatic carbocycles. The molecule has 0 saturated carbocycles. The van der Waals surface area contributed by atoms with E-state index in [0.717, 1.165) is 23.0 Å². The third kappa shape index (κ3) is 3.33. The molecule has 1 aromatic heterocycles. The fourth-order valence-electron chi connectivity index (χ4n) is 3.68. The van der Waals surface area contributed by atoms with E-state index in [2.05, 4.69) is 23.7 Å². The molecule has 23 heavy (non-hydrogen) atoms. The Morgan fingerprint density at radius 1 is 1.35 bits per heavy atom. The Morgan fingerprint density at radius 2 is 2.04 bits per heavy atom. The number of benzene rings is 1. The van der Waals surface area contributed by atoms with E-state index in [1.807, 2.05) is 24.3 Å². The summed E-state index contributed by atoms with van der Waals surface area (Å²) in [7, 11) is 0. The highest BCUT2D eigenvalue weighted by atomic mass is 35.5. The first-order valence-corrected chi connectivity index (χ1v) is 8.35. The van der Waals surface area contributed by atoms with Crippen LogP contribution < -0.4 is 0 Å². The summed E-state index contributed by atoms with van der Waals surface area (Å²) in [5, 5.41) is 11.0. The summed E-state index contributed by atoms with van der Waals surface area (Å²) in [4.78, 5) is 18.1. The van der Waals surface area contributed by atoms with Gasteiger partial charge in [0.15, 0.2) is 0 Å². The summed E-state index contributed by atoms with van der Waals surface area (Å²) >= 11 is 6.26. The number of hydrogen-bond acceptors (Lipinski definition) is 3. The van der Waals surface area contributed by atoms with Crippen molar-refractivity contribution in [1.29, 1.82) is 0 Å². The van der Waals surface area contributed by atoms with Crippen LogP contribution in [-0.4, -0.2) is 33.0 Å². The molecule has 2 aromatic rings. The van der Waals surface area contributed by atoms with E-state index in [4.69, 9.17) is 11.6 Å². The molecule has 5 heteroatoms. The standard InChI is InChI=1S/C18H21ClN2O2/c1-11-6-14(18(22)23)7-12(2)21(11)10-15-9-16(19)8-13-4-3-5-20-17(13)15/h3-5,8-9,11-12,14H,6-7,10H2,1-2H3,(H,22,23). The van der Waals surface area contributed by atoms with E-state index in [0.29, 0.717) is 17.9 Å². The van der Waals surface area contributed by atoms with Crippen molar-refractivity contribution in [3.63, 3.8) is 0 Å². The normalized spacial score (nSPS) is 25.6. The first kappa shape index (κ1) is 16.2. The first-order valence-electron chi connectivity index (χ1n) is 7.97. The summed E-state index contributed by atoms with van der Waals surface area (Å²) in [6.45, 7) is 4.94. The largest absolute Gasteiger partial charge is 0.481 e. The van der Waals surface area contributed by atoms with Gasteiger partial charge in [-0.15, -0.1) is 0 Å². The van der Waals surface area contributed by atoms with Gasteiger partial charge in [0.05, 0.1) is 11.4 Å². The van der Waals surface area contributed by atoms with Gasteiger partial charge in [-0.05, 0) is 50.5 Å². The number of aliphatic carboxylic acids is 1. The van der Waals surface area contributed by atoms with Crippen LogP contribution >= 0.6 is 11.6 Å². The first-order chi connectivity index (χ1) is 11.0. The number of nitrogens with zero attached hydrogens (tertiary/aromatic N) is 2. The Hall–Kier alpha value is -1.65. The zero-order valence-electron chi connectivity index (χ0n) is 13.4. The molecule has 1 aliphatic rings. The average molecular weight is 333 g/mol. The molecular weight excluding hydrogens is 312 g/mol. The maximum atomic E-state index is 11.3. The Balaban J connectivity index is 1.89. The van der Waals surface area contributed by atoms with Crippen molar-refractivity contribution in [3.8, 4) is 0 Å². The van der Waals surface area contributed by atoms with Crippen LogP contribution in [0.4, 0.5) is 0 Å². The van der Waals surface area contributed by atoms with Gasteiger partial charge in [0.1, 0.15) is 0 Å². The van der Waals surface area contributed by atoms with E-state index in [-0.39, 0.29) is 18.0 Å². The van der Waals surface area contributed by atoms with Crippen LogP contribution in [0.3, 0.4) is 0 Å². The van der Waals surface area contributed by atoms with Crippen molar-refractivity contribution in [1.82, 2.24) is 9.88 Å². The van der Waals surface area contributed by atoms with E-state index < -0.39 is 5.97 Å². The van der Waals surface area contributed by atoms with Crippen LogP contribution in [0.15, 0.2) is 30.5 Å². The van der Waals surface area contributed by atoms with E-state index in [1.54, 1.807) is 6.20 Å². The van der Waals surface area contributed by atoms with Crippen molar-refractivity contribution < 1.29 is 9.90 Å². The highest BCUT2D eigenvalue weighted by Gasteiger charge is 2.34. The number of carbonyl (C=O) groups is 1. The highest BCUT2D eigenvalue weighted by molar-refractivity contribution is 6.31. The third-order valence-corrected chi connectivity index (χ3v) is 5.05. The molecule has 1 N–H and O–H groups in total. The molecular formula is C18H21ClN2O2. The SMILES string of the molecule is CC1CC(C(=O)O)CC(C)N1Cc1cc(Cl)cc2cccnc12. The van der Waals surface area contributed by atoms with Gasteiger partial charge in [-0.2, -0.15) is 0 Å². The Labute approximate surface area is 141 Å². The van der Waals surface area contributed by atoms with E-state index >= 15 is 0 Å². The molecule has 0 bridgehead atoms. The topological polar surface area (TPSA) is 53.4 Å². The minimum absolute atomic E-state index is 0.220. The monoisotopic (exact) mass is 332 g/mol. The molecule has 3 rings (SSSR count). The van der Waals surface area contributed by atoms with Gasteiger partial charge < -0.3 is 5.11 Å². The van der Waals surface area contributed by atoms with Gasteiger partial charge in [0, 0.05) is 35.2 Å². The lowest BCUT2D eigenvalue weighted by atomic mass is 9.87. The number of likely N-dealkylation sites (tertiary alicyclic amines) is 1. The number of carboxylic acids is 1. The van der Waals surface area contributed by atoms with Gasteiger partial charge in [0.25, 0.3) is 0 Å². The molecule has 0 spiro atoms. The van der Waals surface area contributed by atoms with Crippen LogP contribution in [0.5, 0.6) is 0 Å². The molecule has 2 atom stereocenters. The molecule has 1 saturated heterocycles. The Morgan fingerprint density at radius 3 is 2.70 bits per heavy atom. The number of piperidine rings is 1. The minimum Gasteiger partial charge on any atom is -0.481 e. The van der Waals surface area contributed by atoms with Crippen LogP contribution in [0.25, 0.3) is 10.9 Å². The number of pyridine rings is 1. The lowest BCUT2D eigenvalue weighted by Gasteiger charge is -2.41. The molecule has 1 fully saturated rings. The van der Waals surface area contributed by atoms with E-state index in [9.17, 15) is 9.90 Å². The maximum absolute atomic E-state index is 11.3. The summed E-state index contributed by atoms with van der Waals surface area (Å²) in [6, 6.07) is 8.26. The maximum Gasteiger partial charge on any atom is 0.306 e. The fourth-order valence-corrected chi connectivity index (χ4v) is 3.93. The molecule has 0 aliphatic carbocycles. The number of hydrogen-bond donors (Lipinski definition) is 1. The van der Waals surface area contributed by atoms with Gasteiger partial charge in [-0.25, -0.2) is 0 Å². The number of carboxylic acid groups (broad SMARTS) is 1. The predicted octanol–water partition coefficient (Wildman–Crippen LogP) is 3.96. The summed E-state index contributed by atoms with van der Waals surface area (Å²) in [5.41, 5.74) is 2.07. The molecule has 0 radical (unpaired) electrons. The number of rotatable bonds is 3. The van der Waals surface area contributed by atoms with Crippen LogP contribution in [-0.2, 0) is 11.3 Å². The summed E-state index contributed by atoms with van der Waals surface area (Å²) < 4.78 is 0. The molecule has 4 nitrogen and oxygen atoms in total. The average Bonchev–Trinajstić information content (AvgIpc) is 2.50. The smallest absolute Gasteiger partial charge is 0.306 e. The quantitative estimate of drug-likeness (QED) is 0.924. The Kier molecular flexibility index (Phi) is 4.55. The van der Waals surface area contributed by atoms with Crippen molar-refractivity contribution >= 4 is 28.5 Å². The minimum atomic E-state index is -0.682. The van der Waals surface area contributed by atoms with Gasteiger partial charge >= 0.3 is 5.97 Å². The van der Waals surface area contributed by atoms with Gasteiger partial charge in [0.2, 0.25) is 0 Å². The lowest BCUT2D eigenvalue weighted by Crippen LogP contribution is -2.47. The Bertz CT molecular complexity index is 722.